The molecule has 4 nitrogen and oxygen atoms in total. The third-order valence-electron chi connectivity index (χ3n) is 5.95. The molecule has 0 radical (unpaired) electrons. The Morgan fingerprint density at radius 2 is 1.77 bits per heavy atom. The molecule has 2 aromatic carbocycles. The second-order valence-electron chi connectivity index (χ2n) is 7.67. The fourth-order valence-corrected chi connectivity index (χ4v) is 4.73. The monoisotopic (exact) mass is 350 g/mol. The number of amides is 1. The summed E-state index contributed by atoms with van der Waals surface area (Å²) in [4.78, 5) is 14.9. The van der Waals surface area contributed by atoms with E-state index in [1.165, 1.54) is 6.42 Å². The van der Waals surface area contributed by atoms with Gasteiger partial charge in [0.2, 0.25) is 0 Å². The highest BCUT2D eigenvalue weighted by Gasteiger charge is 2.50. The predicted molar refractivity (Wildman–Crippen MR) is 104 cm³/mol. The van der Waals surface area contributed by atoms with Crippen LogP contribution in [0.15, 0.2) is 54.6 Å². The van der Waals surface area contributed by atoms with Crippen molar-refractivity contribution in [2.24, 2.45) is 11.8 Å². The van der Waals surface area contributed by atoms with Gasteiger partial charge in [-0.15, -0.1) is 0 Å². The molecule has 136 valence electrons. The molecule has 2 aliphatic rings. The average Bonchev–Trinajstić information content (AvgIpc) is 3.20. The largest absolute Gasteiger partial charge is 0.445 e. The number of nitrogens with one attached hydrogen (secondary N) is 1. The molecule has 2 bridgehead atoms. The van der Waals surface area contributed by atoms with E-state index < -0.39 is 0 Å². The van der Waals surface area contributed by atoms with Crippen LogP contribution in [-0.2, 0) is 4.74 Å². The van der Waals surface area contributed by atoms with Crippen LogP contribution < -0.4 is 5.32 Å². The maximum Gasteiger partial charge on any atom is 0.411 e. The zero-order valence-corrected chi connectivity index (χ0v) is 15.4. The Hall–Kier alpha value is -2.33. The molecule has 4 unspecified atom stereocenters. The maximum atomic E-state index is 12.6. The standard InChI is InChI=1S/C22H26N2O2/c1-24(2)20-14-16-12-13-18(20)21(16)26-22(25)23-19-11-7-6-10-17(19)15-8-4-3-5-9-15/h3-11,16,18,20-21H,12-14H2,1-2H3,(H,23,25). The van der Waals surface area contributed by atoms with E-state index in [9.17, 15) is 4.79 Å². The van der Waals surface area contributed by atoms with Crippen molar-refractivity contribution in [1.29, 1.82) is 0 Å². The fraction of sp³-hybridized carbons (Fsp3) is 0.409. The van der Waals surface area contributed by atoms with Crippen molar-refractivity contribution in [1.82, 2.24) is 4.90 Å². The van der Waals surface area contributed by atoms with Crippen LogP contribution >= 0.6 is 0 Å². The molecule has 26 heavy (non-hydrogen) atoms. The van der Waals surface area contributed by atoms with Gasteiger partial charge < -0.3 is 9.64 Å². The summed E-state index contributed by atoms with van der Waals surface area (Å²) < 4.78 is 5.90. The van der Waals surface area contributed by atoms with Crippen molar-refractivity contribution in [3.8, 4) is 11.1 Å². The maximum absolute atomic E-state index is 12.6. The topological polar surface area (TPSA) is 41.6 Å². The van der Waals surface area contributed by atoms with Gasteiger partial charge in [-0.1, -0.05) is 48.5 Å². The van der Waals surface area contributed by atoms with Crippen molar-refractivity contribution in [2.75, 3.05) is 19.4 Å². The number of carbonyl (C=O) groups is 1. The van der Waals surface area contributed by atoms with Crippen molar-refractivity contribution < 1.29 is 9.53 Å². The van der Waals surface area contributed by atoms with E-state index in [0.29, 0.717) is 17.9 Å². The number of para-hydroxylation sites is 1. The van der Waals surface area contributed by atoms with Crippen LogP contribution in [0.4, 0.5) is 10.5 Å². The smallest absolute Gasteiger partial charge is 0.411 e. The lowest BCUT2D eigenvalue weighted by atomic mass is 9.95. The van der Waals surface area contributed by atoms with E-state index in [4.69, 9.17) is 4.74 Å². The number of carbonyl (C=O) groups excluding carboxylic acids is 1. The third-order valence-corrected chi connectivity index (χ3v) is 5.95. The molecule has 4 rings (SSSR count). The fourth-order valence-electron chi connectivity index (χ4n) is 4.73. The van der Waals surface area contributed by atoms with E-state index in [1.807, 2.05) is 54.6 Å². The molecule has 1 N–H and O–H groups in total. The summed E-state index contributed by atoms with van der Waals surface area (Å²) in [7, 11) is 4.25. The lowest BCUT2D eigenvalue weighted by Gasteiger charge is -2.28. The Balaban J connectivity index is 1.47. The van der Waals surface area contributed by atoms with Gasteiger partial charge >= 0.3 is 6.09 Å². The van der Waals surface area contributed by atoms with Crippen molar-refractivity contribution in [3.63, 3.8) is 0 Å². The van der Waals surface area contributed by atoms with Gasteiger partial charge in [-0.2, -0.15) is 0 Å². The number of hydrogen-bond acceptors (Lipinski definition) is 3. The summed E-state index contributed by atoms with van der Waals surface area (Å²) in [5.74, 6) is 0.965. The van der Waals surface area contributed by atoms with Crippen molar-refractivity contribution >= 4 is 11.8 Å². The molecule has 0 aromatic heterocycles. The second kappa shape index (κ2) is 7.12. The normalized spacial score (nSPS) is 26.9. The second-order valence-corrected chi connectivity index (χ2v) is 7.67. The Morgan fingerprint density at radius 1 is 1.04 bits per heavy atom. The molecule has 2 aromatic rings. The molecule has 4 atom stereocenters. The van der Waals surface area contributed by atoms with Crippen LogP contribution in [0.2, 0.25) is 0 Å². The van der Waals surface area contributed by atoms with E-state index >= 15 is 0 Å². The number of benzene rings is 2. The molecule has 0 spiro atoms. The van der Waals surface area contributed by atoms with Gasteiger partial charge in [0.05, 0.1) is 5.69 Å². The van der Waals surface area contributed by atoms with E-state index in [2.05, 4.69) is 24.3 Å². The SMILES string of the molecule is CN(C)C1CC2CCC1C2OC(=O)Nc1ccccc1-c1ccccc1. The quantitative estimate of drug-likeness (QED) is 0.874. The summed E-state index contributed by atoms with van der Waals surface area (Å²) >= 11 is 0. The predicted octanol–water partition coefficient (Wildman–Crippen LogP) is 4.63. The third kappa shape index (κ3) is 3.21. The number of rotatable bonds is 4. The molecule has 1 amide bonds. The Bertz CT molecular complexity index is 775. The number of nitrogens with zero attached hydrogens (tertiary/aromatic N) is 1. The van der Waals surface area contributed by atoms with Crippen LogP contribution in [0.1, 0.15) is 19.3 Å². The first kappa shape index (κ1) is 17.1. The molecular weight excluding hydrogens is 324 g/mol. The number of fused-ring (bicyclic) bond motifs is 2. The first-order valence-corrected chi connectivity index (χ1v) is 9.42. The molecule has 0 aliphatic heterocycles. The molecule has 4 heteroatoms. The Kier molecular flexibility index (Phi) is 4.68. The zero-order valence-electron chi connectivity index (χ0n) is 15.4. The van der Waals surface area contributed by atoms with Gasteiger partial charge in [-0.3, -0.25) is 5.32 Å². The van der Waals surface area contributed by atoms with Gasteiger partial charge in [0.15, 0.2) is 0 Å². The highest BCUT2D eigenvalue weighted by Crippen LogP contribution is 2.48. The molecule has 2 saturated carbocycles. The summed E-state index contributed by atoms with van der Waals surface area (Å²) in [6.07, 6.45) is 3.18. The summed E-state index contributed by atoms with van der Waals surface area (Å²) in [5, 5.41) is 2.97. The van der Waals surface area contributed by atoms with Crippen molar-refractivity contribution in [2.45, 2.75) is 31.4 Å². The molecule has 2 aliphatic carbocycles. The number of ether oxygens (including phenoxy) is 1. The average molecular weight is 350 g/mol. The minimum Gasteiger partial charge on any atom is -0.445 e. The van der Waals surface area contributed by atoms with Crippen LogP contribution in [0, 0.1) is 11.8 Å². The van der Waals surface area contributed by atoms with E-state index in [1.54, 1.807) is 0 Å². The lowest BCUT2D eigenvalue weighted by molar-refractivity contribution is 0.0749. The van der Waals surface area contributed by atoms with Gasteiger partial charge in [0, 0.05) is 17.5 Å². The first-order valence-electron chi connectivity index (χ1n) is 9.42. The molecule has 0 heterocycles. The summed E-state index contributed by atoms with van der Waals surface area (Å²) in [5.41, 5.74) is 2.88. The number of anilines is 1. The minimum atomic E-state index is -0.338. The van der Waals surface area contributed by atoms with Crippen LogP contribution in [-0.4, -0.2) is 37.2 Å². The highest BCUT2D eigenvalue weighted by atomic mass is 16.6. The van der Waals surface area contributed by atoms with Gasteiger partial charge in [0.1, 0.15) is 6.10 Å². The summed E-state index contributed by atoms with van der Waals surface area (Å²) in [6.45, 7) is 0. The number of hydrogen-bond donors (Lipinski definition) is 1. The zero-order chi connectivity index (χ0) is 18.1. The van der Waals surface area contributed by atoms with Crippen molar-refractivity contribution in [3.05, 3.63) is 54.6 Å². The van der Waals surface area contributed by atoms with Gasteiger partial charge in [-0.05, 0) is 50.9 Å². The molecule has 2 fully saturated rings. The minimum absolute atomic E-state index is 0.0475. The lowest BCUT2D eigenvalue weighted by Crippen LogP contribution is -2.35. The Labute approximate surface area is 155 Å². The van der Waals surface area contributed by atoms with Crippen LogP contribution in [0.3, 0.4) is 0 Å². The van der Waals surface area contributed by atoms with Crippen LogP contribution in [0.5, 0.6) is 0 Å². The highest BCUT2D eigenvalue weighted by molar-refractivity contribution is 5.91. The molecular formula is C22H26N2O2. The van der Waals surface area contributed by atoms with Gasteiger partial charge in [-0.25, -0.2) is 4.79 Å². The Morgan fingerprint density at radius 3 is 2.50 bits per heavy atom. The van der Waals surface area contributed by atoms with E-state index in [0.717, 1.165) is 29.7 Å². The molecule has 0 saturated heterocycles. The van der Waals surface area contributed by atoms with Crippen LogP contribution in [0.25, 0.3) is 11.1 Å². The van der Waals surface area contributed by atoms with E-state index in [-0.39, 0.29) is 12.2 Å². The first-order chi connectivity index (χ1) is 12.6. The van der Waals surface area contributed by atoms with Gasteiger partial charge in [0.25, 0.3) is 0 Å². The summed E-state index contributed by atoms with van der Waals surface area (Å²) in [6, 6.07) is 18.5.